The summed E-state index contributed by atoms with van der Waals surface area (Å²) >= 11 is 0. The molecule has 0 N–H and O–H groups in total. The van der Waals surface area contributed by atoms with E-state index in [4.69, 9.17) is 4.74 Å². The summed E-state index contributed by atoms with van der Waals surface area (Å²) < 4.78 is 39.0. The van der Waals surface area contributed by atoms with Crippen molar-refractivity contribution in [1.29, 1.82) is 0 Å². The van der Waals surface area contributed by atoms with Crippen molar-refractivity contribution in [2.75, 3.05) is 26.2 Å². The Labute approximate surface area is 208 Å². The number of hydrogen-bond donors (Lipinski definition) is 0. The third kappa shape index (κ3) is 12.0. The van der Waals surface area contributed by atoms with E-state index in [9.17, 15) is 13.0 Å². The number of hydrogen-bond acceptors (Lipinski definition) is 4. The minimum atomic E-state index is -4.40. The van der Waals surface area contributed by atoms with Gasteiger partial charge in [0.05, 0.1) is 31.1 Å². The average Bonchev–Trinajstić information content (AvgIpc) is 2.84. The quantitative estimate of drug-likeness (QED) is 0.192. The molecular weight excluding hydrogens is 446 g/mol. The third-order valence-electron chi connectivity index (χ3n) is 6.04. The van der Waals surface area contributed by atoms with Gasteiger partial charge in [0.2, 0.25) is 0 Å². The summed E-state index contributed by atoms with van der Waals surface area (Å²) in [4.78, 5) is -0.266. The normalized spacial score (nSPS) is 11.6. The van der Waals surface area contributed by atoms with Crippen molar-refractivity contribution in [3.05, 3.63) is 54.6 Å². The molecule has 0 aliphatic heterocycles. The van der Waals surface area contributed by atoms with Gasteiger partial charge in [-0.05, 0) is 62.1 Å². The second kappa shape index (κ2) is 16.7. The molecule has 2 rings (SSSR count). The number of rotatable bonds is 15. The van der Waals surface area contributed by atoms with E-state index in [1.165, 1.54) is 106 Å². The van der Waals surface area contributed by atoms with Crippen molar-refractivity contribution < 1.29 is 22.2 Å². The minimum Gasteiger partial charge on any atom is -0.744 e. The highest BCUT2D eigenvalue weighted by molar-refractivity contribution is 7.85. The standard InChI is InChI=1S/C16H36N.C12H10O4S/c1-5-9-13-17(14-10-6-2,15-11-7-3)16-12-8-4;13-17(14,15)12-8-6-11(7-9-12)16-10-4-2-1-3-5-10/h5-16H2,1-4H3;1-9H,(H,13,14,15)/q+1;/p-1. The lowest BCUT2D eigenvalue weighted by Gasteiger charge is -2.39. The number of nitrogens with zero attached hydrogens (tertiary/aromatic N) is 1. The molecule has 0 radical (unpaired) electrons. The largest absolute Gasteiger partial charge is 0.744 e. The first-order valence-electron chi connectivity index (χ1n) is 12.9. The fourth-order valence-corrected chi connectivity index (χ4v) is 4.41. The number of quaternary nitrogens is 1. The molecule has 0 fully saturated rings. The van der Waals surface area contributed by atoms with E-state index in [1.54, 1.807) is 12.1 Å². The molecule has 2 aromatic carbocycles. The van der Waals surface area contributed by atoms with Crippen molar-refractivity contribution in [3.8, 4) is 11.5 Å². The van der Waals surface area contributed by atoms with Crippen LogP contribution in [-0.4, -0.2) is 43.6 Å². The Hall–Kier alpha value is -1.89. The highest BCUT2D eigenvalue weighted by atomic mass is 32.2. The highest BCUT2D eigenvalue weighted by Crippen LogP contribution is 2.22. The summed E-state index contributed by atoms with van der Waals surface area (Å²) in [5.41, 5.74) is 0. The van der Waals surface area contributed by atoms with Gasteiger partial charge < -0.3 is 13.8 Å². The van der Waals surface area contributed by atoms with E-state index in [0.29, 0.717) is 11.5 Å². The molecule has 2 aromatic rings. The monoisotopic (exact) mass is 491 g/mol. The van der Waals surface area contributed by atoms with E-state index >= 15 is 0 Å². The van der Waals surface area contributed by atoms with Crippen molar-refractivity contribution in [2.24, 2.45) is 0 Å². The molecule has 0 aliphatic rings. The predicted molar refractivity (Wildman–Crippen MR) is 140 cm³/mol. The molecule has 0 atom stereocenters. The third-order valence-corrected chi connectivity index (χ3v) is 6.88. The van der Waals surface area contributed by atoms with Gasteiger partial charge in [-0.25, -0.2) is 8.42 Å². The molecule has 0 heterocycles. The molecule has 0 saturated carbocycles. The van der Waals surface area contributed by atoms with E-state index < -0.39 is 10.1 Å². The van der Waals surface area contributed by atoms with E-state index in [0.717, 1.165) is 0 Å². The second-order valence-electron chi connectivity index (χ2n) is 8.99. The van der Waals surface area contributed by atoms with Crippen molar-refractivity contribution >= 4 is 10.1 Å². The van der Waals surface area contributed by atoms with E-state index in [-0.39, 0.29) is 4.90 Å². The molecule has 34 heavy (non-hydrogen) atoms. The Morgan fingerprint density at radius 2 is 1.03 bits per heavy atom. The molecule has 0 bridgehead atoms. The van der Waals surface area contributed by atoms with Gasteiger partial charge in [0.25, 0.3) is 0 Å². The second-order valence-corrected chi connectivity index (χ2v) is 10.4. The summed E-state index contributed by atoms with van der Waals surface area (Å²) in [6.07, 6.45) is 11.1. The molecule has 6 heteroatoms. The van der Waals surface area contributed by atoms with Crippen LogP contribution >= 0.6 is 0 Å². The maximum Gasteiger partial charge on any atom is 0.127 e. The van der Waals surface area contributed by atoms with E-state index in [1.807, 2.05) is 18.2 Å². The molecule has 192 valence electrons. The van der Waals surface area contributed by atoms with Crippen LogP contribution in [0.1, 0.15) is 79.1 Å². The molecule has 0 unspecified atom stereocenters. The summed E-state index contributed by atoms with van der Waals surface area (Å²) in [6, 6.07) is 14.4. The van der Waals surface area contributed by atoms with Crippen molar-refractivity contribution in [3.63, 3.8) is 0 Å². The van der Waals surface area contributed by atoms with Crippen LogP contribution in [0.5, 0.6) is 11.5 Å². The highest BCUT2D eigenvalue weighted by Gasteiger charge is 2.24. The van der Waals surface area contributed by atoms with Crippen LogP contribution in [0.25, 0.3) is 0 Å². The SMILES string of the molecule is CCCC[N+](CCCC)(CCCC)CCCC.O=S(=O)([O-])c1ccc(Oc2ccccc2)cc1. The minimum absolute atomic E-state index is 0.266. The van der Waals surface area contributed by atoms with Gasteiger partial charge >= 0.3 is 0 Å². The Bertz CT molecular complexity index is 830. The zero-order valence-corrected chi connectivity index (χ0v) is 22.5. The van der Waals surface area contributed by atoms with Crippen LogP contribution in [0.2, 0.25) is 0 Å². The molecule has 0 saturated heterocycles. The zero-order valence-electron chi connectivity index (χ0n) is 21.7. The van der Waals surface area contributed by atoms with Gasteiger partial charge in [0, 0.05) is 0 Å². The molecular formula is C28H45NO4S. The van der Waals surface area contributed by atoms with Crippen molar-refractivity contribution in [2.45, 2.75) is 84.0 Å². The average molecular weight is 492 g/mol. The van der Waals surface area contributed by atoms with Crippen LogP contribution in [-0.2, 0) is 10.1 Å². The first-order valence-corrected chi connectivity index (χ1v) is 14.3. The topological polar surface area (TPSA) is 66.4 Å². The molecule has 0 aromatic heterocycles. The van der Waals surface area contributed by atoms with Gasteiger partial charge in [-0.3, -0.25) is 0 Å². The summed E-state index contributed by atoms with van der Waals surface area (Å²) in [7, 11) is -4.40. The number of unbranched alkanes of at least 4 members (excludes halogenated alkanes) is 4. The van der Waals surface area contributed by atoms with E-state index in [2.05, 4.69) is 27.7 Å². The van der Waals surface area contributed by atoms with Crippen molar-refractivity contribution in [1.82, 2.24) is 0 Å². The zero-order chi connectivity index (χ0) is 25.3. The molecule has 0 aliphatic carbocycles. The maximum atomic E-state index is 10.7. The summed E-state index contributed by atoms with van der Waals surface area (Å²) in [6.45, 7) is 15.0. The maximum absolute atomic E-state index is 10.7. The first kappa shape index (κ1) is 30.1. The van der Waals surface area contributed by atoms with Gasteiger partial charge in [0.15, 0.2) is 0 Å². The molecule has 0 spiro atoms. The Balaban J connectivity index is 0.000000340. The number of para-hydroxylation sites is 1. The smallest absolute Gasteiger partial charge is 0.127 e. The van der Waals surface area contributed by atoms with Crippen LogP contribution in [0.15, 0.2) is 59.5 Å². The fourth-order valence-electron chi connectivity index (χ4n) is 3.94. The van der Waals surface area contributed by atoms with Crippen LogP contribution in [0.4, 0.5) is 0 Å². The van der Waals surface area contributed by atoms with Gasteiger partial charge in [0.1, 0.15) is 21.6 Å². The lowest BCUT2D eigenvalue weighted by molar-refractivity contribution is -0.929. The predicted octanol–water partition coefficient (Wildman–Crippen LogP) is 7.39. The molecule has 0 amide bonds. The molecule has 5 nitrogen and oxygen atoms in total. The number of benzene rings is 2. The van der Waals surface area contributed by atoms with Gasteiger partial charge in [-0.2, -0.15) is 0 Å². The Morgan fingerprint density at radius 3 is 1.38 bits per heavy atom. The number of ether oxygens (including phenoxy) is 1. The van der Waals surface area contributed by atoms with Gasteiger partial charge in [-0.15, -0.1) is 0 Å². The summed E-state index contributed by atoms with van der Waals surface area (Å²) in [5.74, 6) is 1.12. The Morgan fingerprint density at radius 1 is 0.647 bits per heavy atom. The van der Waals surface area contributed by atoms with Crippen LogP contribution in [0, 0.1) is 0 Å². The lowest BCUT2D eigenvalue weighted by atomic mass is 10.1. The summed E-state index contributed by atoms with van der Waals surface area (Å²) in [5, 5.41) is 0. The van der Waals surface area contributed by atoms with Crippen LogP contribution in [0.3, 0.4) is 0 Å². The van der Waals surface area contributed by atoms with Crippen LogP contribution < -0.4 is 4.74 Å². The fraction of sp³-hybridized carbons (Fsp3) is 0.571. The first-order chi connectivity index (χ1) is 16.3. The lowest BCUT2D eigenvalue weighted by Crippen LogP contribution is -2.50. The van der Waals surface area contributed by atoms with Gasteiger partial charge in [-0.1, -0.05) is 71.6 Å². The Kier molecular flexibility index (Phi) is 14.8.